The third kappa shape index (κ3) is 4.41. The first kappa shape index (κ1) is 16.3. The van der Waals surface area contributed by atoms with Crippen molar-refractivity contribution in [3.63, 3.8) is 0 Å². The lowest BCUT2D eigenvalue weighted by atomic mass is 9.95. The molecule has 0 aliphatic heterocycles. The smallest absolute Gasteiger partial charge is 0.381 e. The van der Waals surface area contributed by atoms with Crippen LogP contribution in [0.5, 0.6) is 0 Å². The number of benzene rings is 1. The molecule has 1 aromatic rings. The summed E-state index contributed by atoms with van der Waals surface area (Å²) in [4.78, 5) is 0. The molecule has 19 heavy (non-hydrogen) atoms. The lowest BCUT2D eigenvalue weighted by Crippen LogP contribution is -2.25. The van der Waals surface area contributed by atoms with Crippen LogP contribution >= 0.6 is 15.9 Å². The highest BCUT2D eigenvalue weighted by molar-refractivity contribution is 9.10. The van der Waals surface area contributed by atoms with Crippen LogP contribution in [0.15, 0.2) is 22.7 Å². The number of rotatable bonds is 5. The summed E-state index contributed by atoms with van der Waals surface area (Å²) in [7, 11) is 0. The van der Waals surface area contributed by atoms with Crippen molar-refractivity contribution in [3.05, 3.63) is 28.2 Å². The molecule has 108 valence electrons. The van der Waals surface area contributed by atoms with Crippen molar-refractivity contribution in [3.8, 4) is 0 Å². The van der Waals surface area contributed by atoms with E-state index in [0.717, 1.165) is 25.0 Å². The maximum atomic E-state index is 12.6. The minimum absolute atomic E-state index is 0.225. The van der Waals surface area contributed by atoms with Crippen LogP contribution in [0.4, 0.5) is 18.9 Å². The van der Waals surface area contributed by atoms with Crippen LogP contribution in [0.1, 0.15) is 39.2 Å². The number of hydrogen-bond acceptors (Lipinski definition) is 1. The van der Waals surface area contributed by atoms with E-state index < -0.39 is 11.7 Å². The summed E-state index contributed by atoms with van der Waals surface area (Å²) >= 11 is 3.20. The van der Waals surface area contributed by atoms with Gasteiger partial charge >= 0.3 is 6.18 Å². The molecule has 0 radical (unpaired) electrons. The van der Waals surface area contributed by atoms with E-state index >= 15 is 0 Å². The first-order chi connectivity index (χ1) is 8.79. The van der Waals surface area contributed by atoms with Crippen molar-refractivity contribution in [2.75, 3.05) is 5.32 Å². The van der Waals surface area contributed by atoms with Crippen LogP contribution in [0, 0.1) is 5.92 Å². The number of nitrogens with one attached hydrogen (secondary N) is 1. The van der Waals surface area contributed by atoms with Crippen LogP contribution in [-0.4, -0.2) is 6.04 Å². The van der Waals surface area contributed by atoms with Crippen molar-refractivity contribution in [2.24, 2.45) is 5.92 Å². The van der Waals surface area contributed by atoms with Gasteiger partial charge in [0, 0.05) is 16.2 Å². The Morgan fingerprint density at radius 1 is 1.21 bits per heavy atom. The standard InChI is InChI=1S/C14H19BrF3N/c1-4-10(5-2)9(3)19-13-7-6-11(8-12(13)15)14(16,17)18/h6-10,19H,4-5H2,1-3H3. The quantitative estimate of drug-likeness (QED) is 0.726. The van der Waals surface area contributed by atoms with E-state index in [4.69, 9.17) is 0 Å². The Kier molecular flexibility index (Phi) is 5.71. The van der Waals surface area contributed by atoms with Crippen LogP contribution in [-0.2, 0) is 6.18 Å². The molecule has 0 saturated heterocycles. The lowest BCUT2D eigenvalue weighted by molar-refractivity contribution is -0.137. The second-order valence-electron chi connectivity index (χ2n) is 4.70. The predicted molar refractivity (Wildman–Crippen MR) is 76.3 cm³/mol. The van der Waals surface area contributed by atoms with Gasteiger partial charge in [-0.1, -0.05) is 26.7 Å². The molecule has 0 spiro atoms. The van der Waals surface area contributed by atoms with Crippen LogP contribution in [0.25, 0.3) is 0 Å². The SMILES string of the molecule is CCC(CC)C(C)Nc1ccc(C(F)(F)F)cc1Br. The van der Waals surface area contributed by atoms with Gasteiger partial charge in [-0.3, -0.25) is 0 Å². The molecule has 1 nitrogen and oxygen atoms in total. The van der Waals surface area contributed by atoms with Gasteiger partial charge in [0.05, 0.1) is 5.56 Å². The van der Waals surface area contributed by atoms with Crippen LogP contribution in [0.2, 0.25) is 0 Å². The van der Waals surface area contributed by atoms with Gasteiger partial charge < -0.3 is 5.32 Å². The zero-order valence-corrected chi connectivity index (χ0v) is 12.9. The highest BCUT2D eigenvalue weighted by atomic mass is 79.9. The summed E-state index contributed by atoms with van der Waals surface area (Å²) < 4.78 is 38.1. The minimum Gasteiger partial charge on any atom is -0.381 e. The van der Waals surface area contributed by atoms with Crippen molar-refractivity contribution >= 4 is 21.6 Å². The summed E-state index contributed by atoms with van der Waals surface area (Å²) in [5, 5.41) is 3.28. The fourth-order valence-electron chi connectivity index (χ4n) is 2.17. The Bertz CT molecular complexity index is 414. The van der Waals surface area contributed by atoms with Crippen molar-refractivity contribution in [1.29, 1.82) is 0 Å². The normalized spacial score (nSPS) is 13.7. The van der Waals surface area contributed by atoms with E-state index in [1.165, 1.54) is 6.07 Å². The highest BCUT2D eigenvalue weighted by Crippen LogP contribution is 2.34. The van der Waals surface area contributed by atoms with Gasteiger partial charge in [0.15, 0.2) is 0 Å². The van der Waals surface area contributed by atoms with Crippen molar-refractivity contribution in [2.45, 2.75) is 45.8 Å². The first-order valence-electron chi connectivity index (χ1n) is 6.42. The van der Waals surface area contributed by atoms with Crippen molar-refractivity contribution < 1.29 is 13.2 Å². The Labute approximate surface area is 120 Å². The largest absolute Gasteiger partial charge is 0.416 e. The predicted octanol–water partition coefficient (Wildman–Crippen LogP) is 5.70. The van der Waals surface area contributed by atoms with E-state index in [-0.39, 0.29) is 6.04 Å². The van der Waals surface area contributed by atoms with Gasteiger partial charge in [-0.2, -0.15) is 13.2 Å². The molecule has 1 unspecified atom stereocenters. The summed E-state index contributed by atoms with van der Waals surface area (Å²) in [5.41, 5.74) is 0.0625. The monoisotopic (exact) mass is 337 g/mol. The number of halogens is 4. The Hall–Kier alpha value is -0.710. The maximum absolute atomic E-state index is 12.6. The molecule has 1 aromatic carbocycles. The average molecular weight is 338 g/mol. The highest BCUT2D eigenvalue weighted by Gasteiger charge is 2.30. The average Bonchev–Trinajstić information content (AvgIpc) is 2.32. The minimum atomic E-state index is -4.30. The van der Waals surface area contributed by atoms with Gasteiger partial charge in [-0.25, -0.2) is 0 Å². The topological polar surface area (TPSA) is 12.0 Å². The zero-order valence-electron chi connectivity index (χ0n) is 11.3. The van der Waals surface area contributed by atoms with E-state index in [2.05, 4.69) is 42.0 Å². The zero-order chi connectivity index (χ0) is 14.6. The van der Waals surface area contributed by atoms with Gasteiger partial charge in [0.1, 0.15) is 0 Å². The Morgan fingerprint density at radius 3 is 2.21 bits per heavy atom. The fourth-order valence-corrected chi connectivity index (χ4v) is 2.66. The van der Waals surface area contributed by atoms with Crippen LogP contribution in [0.3, 0.4) is 0 Å². The lowest BCUT2D eigenvalue weighted by Gasteiger charge is -2.24. The molecule has 1 N–H and O–H groups in total. The Morgan fingerprint density at radius 2 is 1.79 bits per heavy atom. The fraction of sp³-hybridized carbons (Fsp3) is 0.571. The number of anilines is 1. The third-order valence-corrected chi connectivity index (χ3v) is 4.09. The number of alkyl halides is 3. The Balaban J connectivity index is 2.86. The number of hydrogen-bond donors (Lipinski definition) is 1. The van der Waals surface area contributed by atoms with E-state index in [9.17, 15) is 13.2 Å². The summed E-state index contributed by atoms with van der Waals surface area (Å²) in [5.74, 6) is 0.509. The second kappa shape index (κ2) is 6.64. The molecular weight excluding hydrogens is 319 g/mol. The van der Waals surface area contributed by atoms with E-state index in [0.29, 0.717) is 16.1 Å². The third-order valence-electron chi connectivity index (χ3n) is 3.44. The molecule has 1 atom stereocenters. The molecule has 0 aromatic heterocycles. The molecule has 0 amide bonds. The molecule has 0 aliphatic rings. The van der Waals surface area contributed by atoms with Gasteiger partial charge in [0.2, 0.25) is 0 Å². The van der Waals surface area contributed by atoms with Crippen LogP contribution < -0.4 is 5.32 Å². The molecule has 0 fully saturated rings. The molecule has 0 saturated carbocycles. The molecular formula is C14H19BrF3N. The first-order valence-corrected chi connectivity index (χ1v) is 7.22. The molecule has 5 heteroatoms. The van der Waals surface area contributed by atoms with Gasteiger partial charge in [-0.15, -0.1) is 0 Å². The summed E-state index contributed by atoms with van der Waals surface area (Å²) in [6.45, 7) is 6.30. The molecule has 0 heterocycles. The van der Waals surface area contributed by atoms with Crippen molar-refractivity contribution in [1.82, 2.24) is 0 Å². The van der Waals surface area contributed by atoms with E-state index in [1.54, 1.807) is 0 Å². The molecule has 0 bridgehead atoms. The molecule has 1 rings (SSSR count). The summed E-state index contributed by atoms with van der Waals surface area (Å²) in [6, 6.07) is 3.92. The van der Waals surface area contributed by atoms with Gasteiger partial charge in [-0.05, 0) is 47.0 Å². The second-order valence-corrected chi connectivity index (χ2v) is 5.56. The summed E-state index contributed by atoms with van der Waals surface area (Å²) in [6.07, 6.45) is -2.21. The molecule has 0 aliphatic carbocycles. The van der Waals surface area contributed by atoms with Gasteiger partial charge in [0.25, 0.3) is 0 Å². The van der Waals surface area contributed by atoms with E-state index in [1.807, 2.05) is 0 Å². The maximum Gasteiger partial charge on any atom is 0.416 e.